The Balaban J connectivity index is 1.13. The zero-order valence-corrected chi connectivity index (χ0v) is 21.1. The SMILES string of the molecule is O=C(N[C@H](Cc1ccc2ccc3cccc4ccc1c2c34)C(=O)O)OCC1c2ccccc2-c2ccccc21. The van der Waals surface area contributed by atoms with Gasteiger partial charge in [-0.15, -0.1) is 0 Å². The molecule has 0 heterocycles. The van der Waals surface area contributed by atoms with Gasteiger partial charge < -0.3 is 15.2 Å². The molecule has 1 atom stereocenters. The number of ether oxygens (including phenoxy) is 1. The minimum atomic E-state index is -1.13. The number of hydrogen-bond donors (Lipinski definition) is 2. The Morgan fingerprint density at radius 2 is 1.31 bits per heavy atom. The summed E-state index contributed by atoms with van der Waals surface area (Å²) in [5.41, 5.74) is 5.36. The summed E-state index contributed by atoms with van der Waals surface area (Å²) in [6.45, 7) is 0.130. The van der Waals surface area contributed by atoms with Crippen LogP contribution in [-0.4, -0.2) is 29.8 Å². The van der Waals surface area contributed by atoms with Gasteiger partial charge in [0.25, 0.3) is 0 Å². The van der Waals surface area contributed by atoms with E-state index >= 15 is 0 Å². The van der Waals surface area contributed by atoms with E-state index in [0.29, 0.717) is 0 Å². The number of benzene rings is 6. The van der Waals surface area contributed by atoms with Gasteiger partial charge in [0.2, 0.25) is 0 Å². The highest BCUT2D eigenvalue weighted by atomic mass is 16.5. The largest absolute Gasteiger partial charge is 0.480 e. The first kappa shape index (κ1) is 23.2. The number of carboxylic acids is 1. The molecule has 2 N–H and O–H groups in total. The predicted octanol–water partition coefficient (Wildman–Crippen LogP) is 7.12. The first-order valence-corrected chi connectivity index (χ1v) is 13.1. The quantitative estimate of drug-likeness (QED) is 0.234. The molecule has 0 saturated carbocycles. The molecule has 6 aromatic carbocycles. The Hall–Kier alpha value is -4.90. The van der Waals surface area contributed by atoms with Gasteiger partial charge in [0.15, 0.2) is 0 Å². The average molecular weight is 512 g/mol. The number of carboxylic acid groups (broad SMARTS) is 1. The monoisotopic (exact) mass is 511 g/mol. The number of carbonyl (C=O) groups is 2. The van der Waals surface area contributed by atoms with E-state index in [-0.39, 0.29) is 18.9 Å². The molecule has 1 amide bonds. The van der Waals surface area contributed by atoms with Crippen molar-refractivity contribution < 1.29 is 19.4 Å². The maximum atomic E-state index is 12.9. The van der Waals surface area contributed by atoms with E-state index in [9.17, 15) is 14.7 Å². The lowest BCUT2D eigenvalue weighted by atomic mass is 9.90. The summed E-state index contributed by atoms with van der Waals surface area (Å²) in [6, 6.07) is 33.6. The van der Waals surface area contributed by atoms with Crippen LogP contribution in [0.3, 0.4) is 0 Å². The minimum absolute atomic E-state index is 0.0935. The molecule has 0 fully saturated rings. The van der Waals surface area contributed by atoms with Crippen LogP contribution in [0.2, 0.25) is 0 Å². The summed E-state index contributed by atoms with van der Waals surface area (Å²) in [5.74, 6) is -1.20. The number of nitrogens with one attached hydrogen (secondary N) is 1. The molecule has 6 aromatic rings. The van der Waals surface area contributed by atoms with E-state index in [2.05, 4.69) is 59.9 Å². The maximum Gasteiger partial charge on any atom is 0.407 e. The second-order valence-electron chi connectivity index (χ2n) is 10.1. The standard InChI is InChI=1S/C34H25NO4/c36-33(37)30(18-23-15-14-22-13-12-20-6-5-7-21-16-17-24(23)32(22)31(20)21)35-34(38)39-19-29-27-10-3-1-8-25(27)26-9-2-4-11-28(26)29/h1-17,29-30H,18-19H2,(H,35,38)(H,36,37)/t30-/m1/s1. The van der Waals surface area contributed by atoms with Crippen molar-refractivity contribution in [2.45, 2.75) is 18.4 Å². The second kappa shape index (κ2) is 9.14. The van der Waals surface area contributed by atoms with E-state index in [1.54, 1.807) is 0 Å². The summed E-state index contributed by atoms with van der Waals surface area (Å²) >= 11 is 0. The Morgan fingerprint density at radius 1 is 0.718 bits per heavy atom. The molecule has 1 aliphatic rings. The number of rotatable bonds is 6. The Labute approximate surface area is 225 Å². The summed E-state index contributed by atoms with van der Waals surface area (Å²) in [4.78, 5) is 25.1. The van der Waals surface area contributed by atoms with Crippen molar-refractivity contribution in [1.29, 1.82) is 0 Å². The van der Waals surface area contributed by atoms with E-state index in [0.717, 1.165) is 54.7 Å². The van der Waals surface area contributed by atoms with Crippen LogP contribution >= 0.6 is 0 Å². The number of fused-ring (bicyclic) bond motifs is 3. The maximum absolute atomic E-state index is 12.9. The molecule has 5 heteroatoms. The molecule has 0 aliphatic heterocycles. The molecule has 0 saturated heterocycles. The molecular formula is C34H25NO4. The van der Waals surface area contributed by atoms with Gasteiger partial charge in [-0.25, -0.2) is 9.59 Å². The zero-order valence-electron chi connectivity index (χ0n) is 21.1. The summed E-state index contributed by atoms with van der Waals surface area (Å²) in [6.07, 6.45) is -0.588. The highest BCUT2D eigenvalue weighted by molar-refractivity contribution is 6.23. The van der Waals surface area contributed by atoms with Gasteiger partial charge >= 0.3 is 12.1 Å². The molecular weight excluding hydrogens is 486 g/mol. The molecule has 0 spiro atoms. The van der Waals surface area contributed by atoms with Gasteiger partial charge in [-0.2, -0.15) is 0 Å². The average Bonchev–Trinajstić information content (AvgIpc) is 3.28. The molecule has 39 heavy (non-hydrogen) atoms. The van der Waals surface area contributed by atoms with Gasteiger partial charge in [0.1, 0.15) is 12.6 Å². The van der Waals surface area contributed by atoms with Gasteiger partial charge in [0, 0.05) is 12.3 Å². The van der Waals surface area contributed by atoms with Crippen molar-refractivity contribution in [2.75, 3.05) is 6.61 Å². The fourth-order valence-corrected chi connectivity index (χ4v) is 6.18. The summed E-state index contributed by atoms with van der Waals surface area (Å²) in [5, 5.41) is 19.3. The van der Waals surface area contributed by atoms with Gasteiger partial charge in [0.05, 0.1) is 0 Å². The fraction of sp³-hybridized carbons (Fsp3) is 0.118. The number of alkyl carbamates (subject to hydrolysis) is 1. The fourth-order valence-electron chi connectivity index (χ4n) is 6.18. The Morgan fingerprint density at radius 3 is 1.97 bits per heavy atom. The van der Waals surface area contributed by atoms with Crippen molar-refractivity contribution in [1.82, 2.24) is 5.32 Å². The molecule has 0 bridgehead atoms. The van der Waals surface area contributed by atoms with Gasteiger partial charge in [-0.05, 0) is 60.1 Å². The van der Waals surface area contributed by atoms with Crippen LogP contribution in [0.15, 0.2) is 103 Å². The molecule has 0 unspecified atom stereocenters. The molecule has 0 aromatic heterocycles. The first-order valence-electron chi connectivity index (χ1n) is 13.1. The number of carbonyl (C=O) groups excluding carboxylic acids is 1. The third kappa shape index (κ3) is 3.86. The highest BCUT2D eigenvalue weighted by Crippen LogP contribution is 2.44. The predicted molar refractivity (Wildman–Crippen MR) is 153 cm³/mol. The first-order chi connectivity index (χ1) is 19.1. The van der Waals surface area contributed by atoms with E-state index in [1.807, 2.05) is 48.5 Å². The van der Waals surface area contributed by atoms with E-state index in [1.165, 1.54) is 5.39 Å². The van der Waals surface area contributed by atoms with Crippen LogP contribution in [0.1, 0.15) is 22.6 Å². The third-order valence-electron chi connectivity index (χ3n) is 7.98. The number of aliphatic carboxylic acids is 1. The van der Waals surface area contributed by atoms with Gasteiger partial charge in [-0.3, -0.25) is 0 Å². The number of hydrogen-bond acceptors (Lipinski definition) is 3. The highest BCUT2D eigenvalue weighted by Gasteiger charge is 2.30. The summed E-state index contributed by atoms with van der Waals surface area (Å²) in [7, 11) is 0. The van der Waals surface area contributed by atoms with Crippen LogP contribution in [0, 0.1) is 0 Å². The van der Waals surface area contributed by atoms with Crippen molar-refractivity contribution in [3.63, 3.8) is 0 Å². The van der Waals surface area contributed by atoms with E-state index in [4.69, 9.17) is 4.74 Å². The van der Waals surface area contributed by atoms with E-state index < -0.39 is 18.1 Å². The summed E-state index contributed by atoms with van der Waals surface area (Å²) < 4.78 is 5.62. The van der Waals surface area contributed by atoms with Crippen LogP contribution in [0.25, 0.3) is 43.4 Å². The number of amides is 1. The smallest absolute Gasteiger partial charge is 0.407 e. The molecule has 5 nitrogen and oxygen atoms in total. The minimum Gasteiger partial charge on any atom is -0.480 e. The molecule has 1 aliphatic carbocycles. The van der Waals surface area contributed by atoms with Crippen LogP contribution in [0.5, 0.6) is 0 Å². The van der Waals surface area contributed by atoms with Crippen molar-refractivity contribution in [2.24, 2.45) is 0 Å². The molecule has 190 valence electrons. The lowest BCUT2D eigenvalue weighted by Crippen LogP contribution is -2.43. The van der Waals surface area contributed by atoms with Crippen LogP contribution < -0.4 is 5.32 Å². The lowest BCUT2D eigenvalue weighted by molar-refractivity contribution is -0.139. The van der Waals surface area contributed by atoms with Crippen LogP contribution in [0.4, 0.5) is 4.79 Å². The van der Waals surface area contributed by atoms with Crippen molar-refractivity contribution >= 4 is 44.4 Å². The normalized spacial score (nSPS) is 13.4. The molecule has 0 radical (unpaired) electrons. The van der Waals surface area contributed by atoms with Crippen LogP contribution in [-0.2, 0) is 16.0 Å². The lowest BCUT2D eigenvalue weighted by Gasteiger charge is -2.19. The zero-order chi connectivity index (χ0) is 26.5. The second-order valence-corrected chi connectivity index (χ2v) is 10.1. The molecule has 7 rings (SSSR count). The van der Waals surface area contributed by atoms with Crippen molar-refractivity contribution in [3.05, 3.63) is 120 Å². The van der Waals surface area contributed by atoms with Gasteiger partial charge in [-0.1, -0.05) is 103 Å². The topological polar surface area (TPSA) is 75.6 Å². The third-order valence-corrected chi connectivity index (χ3v) is 7.98. The Kier molecular flexibility index (Phi) is 5.44. The Bertz CT molecular complexity index is 1830. The van der Waals surface area contributed by atoms with Crippen molar-refractivity contribution in [3.8, 4) is 11.1 Å².